The summed E-state index contributed by atoms with van der Waals surface area (Å²) >= 11 is 21.2. The lowest BCUT2D eigenvalue weighted by atomic mass is 9.97. The number of carbonyl (C=O) groups excluding carboxylic acids is 2. The van der Waals surface area contributed by atoms with Crippen molar-refractivity contribution in [3.8, 4) is 39.4 Å². The van der Waals surface area contributed by atoms with E-state index in [9.17, 15) is 18.8 Å². The number of halogens is 4. The average Bonchev–Trinajstić information content (AvgIpc) is 3.77. The quantitative estimate of drug-likeness (QED) is 0.115. The van der Waals surface area contributed by atoms with Crippen LogP contribution >= 0.6 is 34.8 Å². The number of hydrogen-bond donors (Lipinski definition) is 2. The first kappa shape index (κ1) is 41.0. The number of aromatic nitrogens is 4. The molecule has 5 aromatic rings. The molecule has 0 aliphatic carbocycles. The lowest BCUT2D eigenvalue weighted by Gasteiger charge is -2.29. The Labute approximate surface area is 338 Å². The summed E-state index contributed by atoms with van der Waals surface area (Å²) in [6.45, 7) is 5.92. The maximum Gasteiger partial charge on any atom is 0.410 e. The molecule has 0 radical (unpaired) electrons. The van der Waals surface area contributed by atoms with Crippen molar-refractivity contribution < 1.29 is 23.5 Å². The molecule has 0 spiro atoms. The fourth-order valence-electron chi connectivity index (χ4n) is 6.54. The van der Waals surface area contributed by atoms with E-state index < -0.39 is 18.4 Å². The molecule has 1 fully saturated rings. The number of fused-ring (bicyclic) bond motifs is 1. The van der Waals surface area contributed by atoms with Gasteiger partial charge in [-0.15, -0.1) is 0 Å². The topological polar surface area (TPSA) is 132 Å². The van der Waals surface area contributed by atoms with E-state index in [1.165, 1.54) is 21.1 Å². The van der Waals surface area contributed by atoms with Crippen LogP contribution in [0.25, 0.3) is 39.0 Å². The number of nitrogens with one attached hydrogen (secondary N) is 2. The van der Waals surface area contributed by atoms with Gasteiger partial charge in [-0.05, 0) is 52.3 Å². The molecule has 1 atom stereocenters. The molecular weight excluding hydrogens is 784 g/mol. The van der Waals surface area contributed by atoms with Gasteiger partial charge in [-0.2, -0.15) is 5.10 Å². The molecule has 1 aliphatic rings. The summed E-state index contributed by atoms with van der Waals surface area (Å²) < 4.78 is 27.0. The van der Waals surface area contributed by atoms with E-state index in [1.807, 2.05) is 36.4 Å². The Kier molecular flexibility index (Phi) is 12.6. The normalized spacial score (nSPS) is 14.3. The van der Waals surface area contributed by atoms with Crippen LogP contribution in [0.1, 0.15) is 51.4 Å². The van der Waals surface area contributed by atoms with Gasteiger partial charge in [0, 0.05) is 60.1 Å². The first-order chi connectivity index (χ1) is 26.7. The van der Waals surface area contributed by atoms with E-state index >= 15 is 0 Å². The summed E-state index contributed by atoms with van der Waals surface area (Å²) in [4.78, 5) is 44.8. The van der Waals surface area contributed by atoms with Gasteiger partial charge in [-0.3, -0.25) is 18.5 Å². The number of rotatable bonds is 13. The Bertz CT molecular complexity index is 2340. The number of nitrogens with zero attached hydrogens (tertiary/aromatic N) is 5. The number of methoxy groups -OCH3 is 1. The van der Waals surface area contributed by atoms with Crippen LogP contribution < -0.4 is 20.9 Å². The number of benzene rings is 2. The van der Waals surface area contributed by atoms with Crippen molar-refractivity contribution in [3.63, 3.8) is 0 Å². The van der Waals surface area contributed by atoms with Gasteiger partial charge in [0.15, 0.2) is 0 Å². The number of amides is 2. The molecule has 0 saturated carbocycles. The fraction of sp³-hybridized carbons (Fsp3) is 0.375. The van der Waals surface area contributed by atoms with Crippen LogP contribution in [0.2, 0.25) is 15.1 Å². The molecular formula is C40H43Cl3FN7O5. The summed E-state index contributed by atoms with van der Waals surface area (Å²) in [7, 11) is 3.12. The summed E-state index contributed by atoms with van der Waals surface area (Å²) in [6.07, 6.45) is 2.53. The third kappa shape index (κ3) is 8.96. The standard InChI is InChI=1S/C40H43Cl3FN7O5/c1-40(2,3)56-39(54)50(21-24-13-14-34(52)46-24)22-29-30(41)18-31(47-37(29)55-5)28-12-7-11-27(36(28)43)26-10-6-9-25(35(26)42)23-17-32-38(53)49(4)33(48-51(32)20-23)19-45-16-8-15-44/h6-7,9-12,17-18,20,24,45H,8,13-16,19,21-22H2,1-5H3,(H,46,52)/t24-/m0/s1. The van der Waals surface area contributed by atoms with Crippen LogP contribution in [0, 0.1) is 0 Å². The first-order valence-electron chi connectivity index (χ1n) is 18.1. The molecule has 4 heterocycles. The van der Waals surface area contributed by atoms with Crippen LogP contribution in [-0.2, 0) is 29.7 Å². The molecule has 56 heavy (non-hydrogen) atoms. The molecule has 296 valence electrons. The van der Waals surface area contributed by atoms with E-state index in [1.54, 1.807) is 46.1 Å². The first-order valence-corrected chi connectivity index (χ1v) is 19.3. The Morgan fingerprint density at radius 1 is 1.05 bits per heavy atom. The van der Waals surface area contributed by atoms with Crippen molar-refractivity contribution in [2.24, 2.45) is 7.05 Å². The predicted molar refractivity (Wildman–Crippen MR) is 216 cm³/mol. The molecule has 6 rings (SSSR count). The zero-order valence-electron chi connectivity index (χ0n) is 31.7. The van der Waals surface area contributed by atoms with E-state index in [-0.39, 0.29) is 41.5 Å². The Morgan fingerprint density at radius 3 is 2.38 bits per heavy atom. The van der Waals surface area contributed by atoms with Crippen molar-refractivity contribution in [1.29, 1.82) is 0 Å². The molecule has 0 unspecified atom stereocenters. The third-order valence-corrected chi connectivity index (χ3v) is 10.5. The van der Waals surface area contributed by atoms with E-state index in [2.05, 4.69) is 15.7 Å². The van der Waals surface area contributed by atoms with Gasteiger partial charge in [0.1, 0.15) is 16.9 Å². The van der Waals surface area contributed by atoms with Crippen LogP contribution in [0.3, 0.4) is 0 Å². The highest BCUT2D eigenvalue weighted by atomic mass is 35.5. The summed E-state index contributed by atoms with van der Waals surface area (Å²) in [6, 6.07) is 14.2. The maximum absolute atomic E-state index is 13.4. The van der Waals surface area contributed by atoms with E-state index in [0.29, 0.717) is 92.8 Å². The van der Waals surface area contributed by atoms with E-state index in [4.69, 9.17) is 49.3 Å². The van der Waals surface area contributed by atoms with Gasteiger partial charge < -0.3 is 25.0 Å². The molecule has 12 nitrogen and oxygen atoms in total. The Morgan fingerprint density at radius 2 is 1.73 bits per heavy atom. The zero-order chi connectivity index (χ0) is 40.3. The van der Waals surface area contributed by atoms with Crippen LogP contribution in [0.5, 0.6) is 5.88 Å². The maximum atomic E-state index is 13.4. The second-order valence-electron chi connectivity index (χ2n) is 14.5. The number of ether oxygens (including phenoxy) is 2. The molecule has 2 amide bonds. The average molecular weight is 827 g/mol. The highest BCUT2D eigenvalue weighted by Gasteiger charge is 2.30. The van der Waals surface area contributed by atoms with Gasteiger partial charge in [0.25, 0.3) is 5.56 Å². The number of hydrogen-bond acceptors (Lipinski definition) is 8. The summed E-state index contributed by atoms with van der Waals surface area (Å²) in [5, 5.41) is 11.7. The van der Waals surface area contributed by atoms with Gasteiger partial charge in [0.05, 0.1) is 53.2 Å². The Hall–Kier alpha value is -4.69. The monoisotopic (exact) mass is 825 g/mol. The van der Waals surface area contributed by atoms with Gasteiger partial charge in [0.2, 0.25) is 11.8 Å². The minimum absolute atomic E-state index is 0.0159. The highest BCUT2D eigenvalue weighted by molar-refractivity contribution is 6.39. The smallest absolute Gasteiger partial charge is 0.410 e. The van der Waals surface area contributed by atoms with Crippen molar-refractivity contribution >= 4 is 52.3 Å². The fourth-order valence-corrected chi connectivity index (χ4v) is 7.44. The Balaban J connectivity index is 1.32. The summed E-state index contributed by atoms with van der Waals surface area (Å²) in [5.74, 6) is 0.629. The number of carbonyl (C=O) groups is 2. The van der Waals surface area contributed by atoms with Crippen LogP contribution in [0.4, 0.5) is 9.18 Å². The minimum atomic E-state index is -0.749. The molecule has 1 aliphatic heterocycles. The molecule has 2 N–H and O–H groups in total. The molecule has 0 bridgehead atoms. The molecule has 3 aromatic heterocycles. The number of pyridine rings is 1. The zero-order valence-corrected chi connectivity index (χ0v) is 34.0. The second-order valence-corrected chi connectivity index (χ2v) is 15.7. The lowest BCUT2D eigenvalue weighted by Crippen LogP contribution is -2.43. The van der Waals surface area contributed by atoms with Crippen LogP contribution in [-0.4, -0.2) is 74.6 Å². The highest BCUT2D eigenvalue weighted by Crippen LogP contribution is 2.43. The van der Waals surface area contributed by atoms with Crippen molar-refractivity contribution in [1.82, 2.24) is 34.7 Å². The van der Waals surface area contributed by atoms with Gasteiger partial charge >= 0.3 is 6.09 Å². The minimum Gasteiger partial charge on any atom is -0.481 e. The number of alkyl halides is 1. The third-order valence-electron chi connectivity index (χ3n) is 9.33. The van der Waals surface area contributed by atoms with Crippen LogP contribution in [0.15, 0.2) is 59.5 Å². The van der Waals surface area contributed by atoms with Crippen molar-refractivity contribution in [3.05, 3.63) is 91.5 Å². The van der Waals surface area contributed by atoms with E-state index in [0.717, 1.165) is 0 Å². The SMILES string of the molecule is COc1nc(-c2cccc(-c3cccc(-c4cc5c(=O)n(C)c(CNCCCF)nn5c4)c3Cl)c2Cl)cc(Cl)c1CN(C[C@@H]1CCC(=O)N1)C(=O)OC(C)(C)C. The molecule has 1 saturated heterocycles. The molecule has 2 aromatic carbocycles. The van der Waals surface area contributed by atoms with Crippen molar-refractivity contribution in [2.75, 3.05) is 26.9 Å². The van der Waals surface area contributed by atoms with Crippen molar-refractivity contribution in [2.45, 2.75) is 64.8 Å². The van der Waals surface area contributed by atoms with Gasteiger partial charge in [-0.1, -0.05) is 71.2 Å². The second kappa shape index (κ2) is 17.2. The molecule has 16 heteroatoms. The predicted octanol–water partition coefficient (Wildman–Crippen LogP) is 7.86. The lowest BCUT2D eigenvalue weighted by molar-refractivity contribution is -0.119. The van der Waals surface area contributed by atoms with Gasteiger partial charge in [-0.25, -0.2) is 14.3 Å². The largest absolute Gasteiger partial charge is 0.481 e. The summed E-state index contributed by atoms with van der Waals surface area (Å²) in [5.41, 5.74) is 3.46.